The van der Waals surface area contributed by atoms with E-state index >= 15 is 0 Å². The van der Waals surface area contributed by atoms with Crippen LogP contribution in [0.15, 0.2) is 12.1 Å². The average molecular weight is 336 g/mol. The second-order valence-corrected chi connectivity index (χ2v) is 9.59. The largest absolute Gasteiger partial charge is 0.352 e. The molecule has 0 aromatic carbocycles. The van der Waals surface area contributed by atoms with Gasteiger partial charge in [-0.25, -0.2) is 8.42 Å². The third-order valence-corrected chi connectivity index (χ3v) is 7.19. The van der Waals surface area contributed by atoms with Gasteiger partial charge in [0.1, 0.15) is 0 Å². The molecule has 4 rings (SSSR count). The predicted octanol–water partition coefficient (Wildman–Crippen LogP) is 0.909. The normalized spacial score (nSPS) is 27.4. The molecule has 0 radical (unpaired) electrons. The van der Waals surface area contributed by atoms with Gasteiger partial charge < -0.3 is 4.90 Å². The van der Waals surface area contributed by atoms with Crippen LogP contribution in [0.1, 0.15) is 30.9 Å². The first-order valence-electron chi connectivity index (χ1n) is 8.49. The highest BCUT2D eigenvalue weighted by atomic mass is 32.2. The van der Waals surface area contributed by atoms with Gasteiger partial charge in [0, 0.05) is 31.6 Å². The molecule has 1 atom stereocenters. The van der Waals surface area contributed by atoms with Crippen molar-refractivity contribution >= 4 is 15.7 Å². The monoisotopic (exact) mass is 336 g/mol. The summed E-state index contributed by atoms with van der Waals surface area (Å²) in [7, 11) is -0.665. The Bertz CT molecular complexity index is 666. The Morgan fingerprint density at radius 3 is 2.57 bits per heavy atom. The van der Waals surface area contributed by atoms with Crippen LogP contribution in [0.4, 0.5) is 5.82 Å². The van der Waals surface area contributed by atoms with E-state index in [2.05, 4.69) is 39.2 Å². The Morgan fingerprint density at radius 2 is 2.00 bits per heavy atom. The minimum Gasteiger partial charge on any atom is -0.352 e. The first-order chi connectivity index (χ1) is 11.0. The molecule has 3 heterocycles. The molecule has 1 saturated carbocycles. The quantitative estimate of drug-likeness (QED) is 0.796. The Kier molecular flexibility index (Phi) is 3.80. The van der Waals surface area contributed by atoms with Crippen LogP contribution >= 0.6 is 0 Å². The zero-order valence-electron chi connectivity index (χ0n) is 13.6. The van der Waals surface area contributed by atoms with Crippen LogP contribution in [0, 0.1) is 5.92 Å². The van der Waals surface area contributed by atoms with Crippen molar-refractivity contribution in [2.75, 3.05) is 43.1 Å². The molecule has 1 aromatic rings. The molecule has 2 saturated heterocycles. The minimum atomic E-state index is -2.77. The molecule has 0 bridgehead atoms. The zero-order valence-corrected chi connectivity index (χ0v) is 14.4. The van der Waals surface area contributed by atoms with E-state index in [1.807, 2.05) is 0 Å². The molecule has 1 aliphatic carbocycles. The number of nitrogens with zero attached hydrogens (tertiary/aromatic N) is 4. The van der Waals surface area contributed by atoms with Crippen molar-refractivity contribution in [1.29, 1.82) is 0 Å². The molecule has 126 valence electrons. The summed E-state index contributed by atoms with van der Waals surface area (Å²) in [6.07, 6.45) is 3.32. The Hall–Kier alpha value is -1.21. The second-order valence-electron chi connectivity index (χ2n) is 7.36. The van der Waals surface area contributed by atoms with Crippen LogP contribution in [0.2, 0.25) is 0 Å². The molecule has 6 nitrogen and oxygen atoms in total. The summed E-state index contributed by atoms with van der Waals surface area (Å²) in [5.74, 6) is 2.64. The van der Waals surface area contributed by atoms with E-state index in [1.54, 1.807) is 0 Å². The maximum absolute atomic E-state index is 11.6. The van der Waals surface area contributed by atoms with Gasteiger partial charge in [0.15, 0.2) is 15.7 Å². The molecule has 0 amide bonds. The minimum absolute atomic E-state index is 0.302. The third-order valence-electron chi connectivity index (χ3n) is 5.35. The molecular formula is C16H24N4O2S. The van der Waals surface area contributed by atoms with Crippen molar-refractivity contribution in [2.45, 2.75) is 31.2 Å². The van der Waals surface area contributed by atoms with Crippen molar-refractivity contribution in [3.05, 3.63) is 17.8 Å². The Balaban J connectivity index is 1.27. The Labute approximate surface area is 137 Å². The summed E-state index contributed by atoms with van der Waals surface area (Å²) in [6, 6.07) is 4.68. The number of sulfone groups is 1. The smallest absolute Gasteiger partial charge is 0.151 e. The lowest BCUT2D eigenvalue weighted by atomic mass is 10.0. The van der Waals surface area contributed by atoms with Gasteiger partial charge in [0.05, 0.1) is 17.2 Å². The summed E-state index contributed by atoms with van der Waals surface area (Å²) in [5, 5.41) is 8.70. The lowest BCUT2D eigenvalue weighted by Crippen LogP contribution is -2.59. The lowest BCUT2D eigenvalue weighted by molar-refractivity contribution is 0.182. The SMILES string of the molecule is CN(CC1CCS(=O)(=O)C1)C1CN(c2ccc(C3CC3)nn2)C1. The van der Waals surface area contributed by atoms with Crippen molar-refractivity contribution in [3.8, 4) is 0 Å². The first-order valence-corrected chi connectivity index (χ1v) is 10.3. The van der Waals surface area contributed by atoms with E-state index in [4.69, 9.17) is 0 Å². The van der Waals surface area contributed by atoms with Crippen molar-refractivity contribution in [2.24, 2.45) is 5.92 Å². The van der Waals surface area contributed by atoms with Gasteiger partial charge in [-0.15, -0.1) is 5.10 Å². The predicted molar refractivity (Wildman–Crippen MR) is 89.4 cm³/mol. The summed E-state index contributed by atoms with van der Waals surface area (Å²) in [4.78, 5) is 4.56. The van der Waals surface area contributed by atoms with Crippen molar-refractivity contribution < 1.29 is 8.42 Å². The topological polar surface area (TPSA) is 66.4 Å². The van der Waals surface area contributed by atoms with Gasteiger partial charge in [-0.3, -0.25) is 4.90 Å². The maximum atomic E-state index is 11.6. The van der Waals surface area contributed by atoms with Gasteiger partial charge >= 0.3 is 0 Å². The van der Waals surface area contributed by atoms with Crippen LogP contribution in [0.3, 0.4) is 0 Å². The van der Waals surface area contributed by atoms with Crippen molar-refractivity contribution in [3.63, 3.8) is 0 Å². The molecule has 0 spiro atoms. The van der Waals surface area contributed by atoms with Gasteiger partial charge in [-0.1, -0.05) is 0 Å². The van der Waals surface area contributed by atoms with E-state index in [-0.39, 0.29) is 0 Å². The number of hydrogen-bond donors (Lipinski definition) is 0. The molecule has 3 fully saturated rings. The molecule has 0 N–H and O–H groups in total. The van der Waals surface area contributed by atoms with E-state index in [1.165, 1.54) is 12.8 Å². The average Bonchev–Trinajstić information content (AvgIpc) is 3.23. The highest BCUT2D eigenvalue weighted by molar-refractivity contribution is 7.91. The Morgan fingerprint density at radius 1 is 1.22 bits per heavy atom. The fourth-order valence-electron chi connectivity index (χ4n) is 3.59. The summed E-state index contributed by atoms with van der Waals surface area (Å²) < 4.78 is 23.1. The fraction of sp³-hybridized carbons (Fsp3) is 0.750. The molecule has 3 aliphatic rings. The third kappa shape index (κ3) is 3.35. The van der Waals surface area contributed by atoms with E-state index in [0.29, 0.717) is 29.4 Å². The molecule has 23 heavy (non-hydrogen) atoms. The molecule has 1 aromatic heterocycles. The summed E-state index contributed by atoms with van der Waals surface area (Å²) >= 11 is 0. The van der Waals surface area contributed by atoms with Crippen LogP contribution in [0.5, 0.6) is 0 Å². The highest BCUT2D eigenvalue weighted by Gasteiger charge is 2.35. The molecular weight excluding hydrogens is 312 g/mol. The summed E-state index contributed by atoms with van der Waals surface area (Å²) in [5.41, 5.74) is 1.13. The fourth-order valence-corrected chi connectivity index (χ4v) is 5.44. The van der Waals surface area contributed by atoms with Crippen molar-refractivity contribution in [1.82, 2.24) is 15.1 Å². The van der Waals surface area contributed by atoms with Gasteiger partial charge in [0.2, 0.25) is 0 Å². The zero-order chi connectivity index (χ0) is 16.0. The van der Waals surface area contributed by atoms with E-state index in [0.717, 1.165) is 37.6 Å². The van der Waals surface area contributed by atoms with Crippen LogP contribution in [-0.2, 0) is 9.84 Å². The molecule has 2 aliphatic heterocycles. The number of anilines is 1. The van der Waals surface area contributed by atoms with E-state index < -0.39 is 9.84 Å². The second kappa shape index (κ2) is 5.70. The maximum Gasteiger partial charge on any atom is 0.151 e. The number of rotatable bonds is 5. The lowest BCUT2D eigenvalue weighted by Gasteiger charge is -2.45. The van der Waals surface area contributed by atoms with Gasteiger partial charge in [0.25, 0.3) is 0 Å². The first kappa shape index (κ1) is 15.3. The molecule has 1 unspecified atom stereocenters. The van der Waals surface area contributed by atoms with Crippen LogP contribution in [-0.4, -0.2) is 67.7 Å². The van der Waals surface area contributed by atoms with Gasteiger partial charge in [-0.2, -0.15) is 5.10 Å². The van der Waals surface area contributed by atoms with Crippen LogP contribution in [0.25, 0.3) is 0 Å². The summed E-state index contributed by atoms with van der Waals surface area (Å²) in [6.45, 7) is 2.78. The number of hydrogen-bond acceptors (Lipinski definition) is 6. The molecule has 7 heteroatoms. The van der Waals surface area contributed by atoms with Crippen LogP contribution < -0.4 is 4.90 Å². The number of likely N-dealkylation sites (N-methyl/N-ethyl adjacent to an activating group) is 1. The van der Waals surface area contributed by atoms with E-state index in [9.17, 15) is 8.42 Å². The highest BCUT2D eigenvalue weighted by Crippen LogP contribution is 2.38. The standard InChI is InChI=1S/C16H24N4O2S/c1-19(8-12-6-7-23(21,22)11-12)14-9-20(10-14)16-5-4-15(17-18-16)13-2-3-13/h4-5,12-14H,2-3,6-11H2,1H3. The van der Waals surface area contributed by atoms with Gasteiger partial charge in [-0.05, 0) is 44.4 Å². The number of aromatic nitrogens is 2.